The number of thioether (sulfide) groups is 1. The van der Waals surface area contributed by atoms with E-state index in [0.717, 1.165) is 11.3 Å². The van der Waals surface area contributed by atoms with E-state index in [2.05, 4.69) is 5.10 Å². The van der Waals surface area contributed by atoms with Crippen molar-refractivity contribution in [1.29, 1.82) is 0 Å². The molecule has 1 atom stereocenters. The van der Waals surface area contributed by atoms with Gasteiger partial charge in [0, 0.05) is 35.3 Å². The Labute approximate surface area is 177 Å². The minimum Gasteiger partial charge on any atom is -0.337 e. The van der Waals surface area contributed by atoms with Gasteiger partial charge in [-0.25, -0.2) is 8.42 Å². The standard InChI is InChI=1S/C19H22F3N3O3S2/c1-12-17(13(2)25(23-12)15-8-9-30(27,28)11-15)10-24(3)18(26)14-4-6-16(7-5-14)29-19(20,21)22/h4-7,15H,8-11H2,1-3H3/t15-/m1/s1. The largest absolute Gasteiger partial charge is 0.446 e. The molecular weight excluding hydrogens is 439 g/mol. The lowest BCUT2D eigenvalue weighted by atomic mass is 10.1. The lowest BCUT2D eigenvalue weighted by molar-refractivity contribution is -0.0328. The molecule has 0 saturated carbocycles. The molecule has 3 rings (SSSR count). The van der Waals surface area contributed by atoms with E-state index in [9.17, 15) is 26.4 Å². The van der Waals surface area contributed by atoms with Gasteiger partial charge in [0.2, 0.25) is 0 Å². The smallest absolute Gasteiger partial charge is 0.337 e. The highest BCUT2D eigenvalue weighted by atomic mass is 32.2. The van der Waals surface area contributed by atoms with E-state index in [1.165, 1.54) is 29.2 Å². The van der Waals surface area contributed by atoms with Crippen molar-refractivity contribution in [1.82, 2.24) is 14.7 Å². The fourth-order valence-corrected chi connectivity index (χ4v) is 5.81. The molecule has 11 heteroatoms. The molecule has 1 fully saturated rings. The summed E-state index contributed by atoms with van der Waals surface area (Å²) in [4.78, 5) is 14.2. The zero-order chi connectivity index (χ0) is 22.3. The van der Waals surface area contributed by atoms with Gasteiger partial charge in [0.25, 0.3) is 5.91 Å². The predicted molar refractivity (Wildman–Crippen MR) is 108 cm³/mol. The van der Waals surface area contributed by atoms with Crippen molar-refractivity contribution in [2.24, 2.45) is 0 Å². The highest BCUT2D eigenvalue weighted by molar-refractivity contribution is 8.00. The second-order valence-electron chi connectivity index (χ2n) is 7.38. The van der Waals surface area contributed by atoms with Crippen LogP contribution in [-0.4, -0.2) is 53.1 Å². The summed E-state index contributed by atoms with van der Waals surface area (Å²) in [7, 11) is -1.44. The van der Waals surface area contributed by atoms with Gasteiger partial charge >= 0.3 is 5.51 Å². The molecule has 0 spiro atoms. The van der Waals surface area contributed by atoms with Crippen LogP contribution in [0.1, 0.15) is 39.8 Å². The van der Waals surface area contributed by atoms with Crippen LogP contribution in [0.5, 0.6) is 0 Å². The van der Waals surface area contributed by atoms with Crippen LogP contribution in [0.4, 0.5) is 13.2 Å². The van der Waals surface area contributed by atoms with Crippen molar-refractivity contribution in [2.75, 3.05) is 18.6 Å². The molecule has 0 radical (unpaired) electrons. The fourth-order valence-electron chi connectivity index (χ4n) is 3.58. The van der Waals surface area contributed by atoms with Gasteiger partial charge in [0.05, 0.1) is 23.2 Å². The van der Waals surface area contributed by atoms with Crippen LogP contribution in [0, 0.1) is 13.8 Å². The van der Waals surface area contributed by atoms with E-state index in [1.54, 1.807) is 11.7 Å². The molecule has 1 aliphatic rings. The summed E-state index contributed by atoms with van der Waals surface area (Å²) in [5.41, 5.74) is -1.73. The summed E-state index contributed by atoms with van der Waals surface area (Å²) in [5.74, 6) is -0.119. The molecule has 1 aromatic heterocycles. The molecule has 2 heterocycles. The topological polar surface area (TPSA) is 72.3 Å². The first-order valence-corrected chi connectivity index (χ1v) is 11.9. The number of alkyl halides is 3. The Hall–Kier alpha value is -2.01. The number of carbonyl (C=O) groups excluding carboxylic acids is 1. The average molecular weight is 462 g/mol. The minimum absolute atomic E-state index is 0.0150. The van der Waals surface area contributed by atoms with Crippen LogP contribution in [0.2, 0.25) is 0 Å². The first-order chi connectivity index (χ1) is 13.9. The van der Waals surface area contributed by atoms with Gasteiger partial charge in [-0.2, -0.15) is 18.3 Å². The maximum absolute atomic E-state index is 12.7. The monoisotopic (exact) mass is 461 g/mol. The van der Waals surface area contributed by atoms with Gasteiger partial charge in [-0.3, -0.25) is 9.48 Å². The summed E-state index contributed by atoms with van der Waals surface area (Å²) < 4.78 is 62.6. The van der Waals surface area contributed by atoms with Gasteiger partial charge in [0.15, 0.2) is 9.84 Å². The molecule has 1 aliphatic heterocycles. The fraction of sp³-hybridized carbons (Fsp3) is 0.474. The number of nitrogens with zero attached hydrogens (tertiary/aromatic N) is 3. The Morgan fingerprint density at radius 2 is 1.90 bits per heavy atom. The SMILES string of the molecule is Cc1nn([C@@H]2CCS(=O)(=O)C2)c(C)c1CN(C)C(=O)c1ccc(SC(F)(F)F)cc1. The number of hydrogen-bond acceptors (Lipinski definition) is 5. The van der Waals surface area contributed by atoms with E-state index >= 15 is 0 Å². The highest BCUT2D eigenvalue weighted by Gasteiger charge is 2.32. The Morgan fingerprint density at radius 3 is 2.43 bits per heavy atom. The lowest BCUT2D eigenvalue weighted by Crippen LogP contribution is -2.26. The van der Waals surface area contributed by atoms with Crippen molar-refractivity contribution in [3.05, 3.63) is 46.8 Å². The van der Waals surface area contributed by atoms with Crippen LogP contribution in [-0.2, 0) is 16.4 Å². The molecule has 1 amide bonds. The Morgan fingerprint density at radius 1 is 1.27 bits per heavy atom. The van der Waals surface area contributed by atoms with Crippen LogP contribution in [0.15, 0.2) is 29.2 Å². The third-order valence-corrected chi connectivity index (χ3v) is 7.60. The Kier molecular flexibility index (Phi) is 6.24. The number of hydrogen-bond donors (Lipinski definition) is 0. The zero-order valence-corrected chi connectivity index (χ0v) is 18.4. The van der Waals surface area contributed by atoms with E-state index < -0.39 is 15.3 Å². The number of rotatable bonds is 5. The molecular formula is C19H22F3N3O3S2. The third-order valence-electron chi connectivity index (χ3n) is 5.11. The lowest BCUT2D eigenvalue weighted by Gasteiger charge is -2.18. The molecule has 0 N–H and O–H groups in total. The normalized spacial score (nSPS) is 18.5. The summed E-state index contributed by atoms with van der Waals surface area (Å²) in [6, 6.07) is 5.09. The van der Waals surface area contributed by atoms with Crippen molar-refractivity contribution < 1.29 is 26.4 Å². The van der Waals surface area contributed by atoms with Crippen molar-refractivity contribution >= 4 is 27.5 Å². The van der Waals surface area contributed by atoms with Crippen molar-refractivity contribution in [3.8, 4) is 0 Å². The molecule has 6 nitrogen and oxygen atoms in total. The van der Waals surface area contributed by atoms with Crippen LogP contribution < -0.4 is 0 Å². The van der Waals surface area contributed by atoms with Gasteiger partial charge < -0.3 is 4.90 Å². The van der Waals surface area contributed by atoms with E-state index in [1.807, 2.05) is 13.8 Å². The summed E-state index contributed by atoms with van der Waals surface area (Å²) in [6.45, 7) is 3.92. The number of aryl methyl sites for hydroxylation is 1. The van der Waals surface area contributed by atoms with Gasteiger partial charge in [-0.05, 0) is 56.3 Å². The van der Waals surface area contributed by atoms with E-state index in [-0.39, 0.29) is 52.2 Å². The molecule has 30 heavy (non-hydrogen) atoms. The molecule has 164 valence electrons. The number of amides is 1. The average Bonchev–Trinajstić information content (AvgIpc) is 3.13. The number of aromatic nitrogens is 2. The molecule has 2 aromatic rings. The number of benzene rings is 1. The Bertz CT molecular complexity index is 1050. The zero-order valence-electron chi connectivity index (χ0n) is 16.7. The molecule has 1 aromatic carbocycles. The van der Waals surface area contributed by atoms with Gasteiger partial charge in [-0.1, -0.05) is 0 Å². The van der Waals surface area contributed by atoms with Crippen LogP contribution >= 0.6 is 11.8 Å². The second-order valence-corrected chi connectivity index (χ2v) is 10.8. The quantitative estimate of drug-likeness (QED) is 0.635. The number of halogens is 3. The number of carbonyl (C=O) groups is 1. The summed E-state index contributed by atoms with van der Waals surface area (Å²) in [5, 5.41) is 4.49. The third kappa shape index (κ3) is 5.18. The van der Waals surface area contributed by atoms with Crippen molar-refractivity contribution in [3.63, 3.8) is 0 Å². The van der Waals surface area contributed by atoms with E-state index in [4.69, 9.17) is 0 Å². The predicted octanol–water partition coefficient (Wildman–Crippen LogP) is 3.74. The maximum atomic E-state index is 12.7. The summed E-state index contributed by atoms with van der Waals surface area (Å²) in [6.07, 6.45) is 0.515. The van der Waals surface area contributed by atoms with Gasteiger partial charge in [-0.15, -0.1) is 0 Å². The molecule has 0 bridgehead atoms. The first kappa shape index (κ1) is 22.7. The van der Waals surface area contributed by atoms with Crippen molar-refractivity contribution in [2.45, 2.75) is 43.3 Å². The Balaban J connectivity index is 1.73. The number of sulfone groups is 1. The maximum Gasteiger partial charge on any atom is 0.446 e. The van der Waals surface area contributed by atoms with Crippen LogP contribution in [0.3, 0.4) is 0 Å². The molecule has 1 saturated heterocycles. The molecule has 0 aliphatic carbocycles. The van der Waals surface area contributed by atoms with Crippen LogP contribution in [0.25, 0.3) is 0 Å². The highest BCUT2D eigenvalue weighted by Crippen LogP contribution is 2.36. The second kappa shape index (κ2) is 8.26. The molecule has 0 unspecified atom stereocenters. The van der Waals surface area contributed by atoms with Gasteiger partial charge in [0.1, 0.15) is 0 Å². The summed E-state index contributed by atoms with van der Waals surface area (Å²) >= 11 is -0.228. The first-order valence-electron chi connectivity index (χ1n) is 9.22. The van der Waals surface area contributed by atoms with E-state index in [0.29, 0.717) is 12.1 Å². The minimum atomic E-state index is -4.38.